The lowest BCUT2D eigenvalue weighted by atomic mass is 10.1. The van der Waals surface area contributed by atoms with Gasteiger partial charge >= 0.3 is 0 Å². The number of alkyl halides is 1. The van der Waals surface area contributed by atoms with Crippen LogP contribution in [0.15, 0.2) is 42.5 Å². The van der Waals surface area contributed by atoms with Crippen molar-refractivity contribution in [2.24, 2.45) is 0 Å². The van der Waals surface area contributed by atoms with Gasteiger partial charge in [0.1, 0.15) is 0 Å². The van der Waals surface area contributed by atoms with Crippen molar-refractivity contribution >= 4 is 34.8 Å². The fourth-order valence-corrected chi connectivity index (χ4v) is 2.21. The van der Waals surface area contributed by atoms with Gasteiger partial charge in [-0.2, -0.15) is 0 Å². The van der Waals surface area contributed by atoms with Crippen molar-refractivity contribution in [3.05, 3.63) is 64.2 Å². The van der Waals surface area contributed by atoms with Gasteiger partial charge in [0.05, 0.1) is 10.7 Å². The summed E-state index contributed by atoms with van der Waals surface area (Å²) in [7, 11) is 0. The van der Waals surface area contributed by atoms with E-state index in [1.165, 1.54) is 0 Å². The molecule has 0 spiro atoms. The molecule has 0 heterocycles. The van der Waals surface area contributed by atoms with E-state index in [0.29, 0.717) is 22.2 Å². The predicted octanol–water partition coefficient (Wildman–Crippen LogP) is 4.64. The van der Waals surface area contributed by atoms with E-state index in [0.717, 1.165) is 11.1 Å². The summed E-state index contributed by atoms with van der Waals surface area (Å²) in [5, 5.41) is 3.36. The Balaban J connectivity index is 2.25. The molecule has 0 radical (unpaired) electrons. The Morgan fingerprint density at radius 2 is 1.95 bits per heavy atom. The van der Waals surface area contributed by atoms with Crippen LogP contribution in [0.1, 0.15) is 21.5 Å². The summed E-state index contributed by atoms with van der Waals surface area (Å²) >= 11 is 11.8. The van der Waals surface area contributed by atoms with Crippen molar-refractivity contribution in [2.75, 3.05) is 5.32 Å². The molecular formula is C15H13Cl2NO. The molecule has 0 fully saturated rings. The maximum atomic E-state index is 12.2. The Morgan fingerprint density at radius 1 is 1.21 bits per heavy atom. The summed E-state index contributed by atoms with van der Waals surface area (Å²) in [6.07, 6.45) is 0. The van der Waals surface area contributed by atoms with Crippen LogP contribution in [-0.4, -0.2) is 5.91 Å². The van der Waals surface area contributed by atoms with Gasteiger partial charge in [0.2, 0.25) is 0 Å². The maximum Gasteiger partial charge on any atom is 0.255 e. The van der Waals surface area contributed by atoms with Crippen LogP contribution in [-0.2, 0) is 5.88 Å². The number of benzene rings is 2. The molecule has 0 aliphatic heterocycles. The summed E-state index contributed by atoms with van der Waals surface area (Å²) < 4.78 is 0. The van der Waals surface area contributed by atoms with E-state index in [1.807, 2.05) is 31.2 Å². The normalized spacial score (nSPS) is 10.3. The van der Waals surface area contributed by atoms with Crippen molar-refractivity contribution in [2.45, 2.75) is 12.8 Å². The molecule has 1 N–H and O–H groups in total. The molecule has 1 amide bonds. The number of aryl methyl sites for hydroxylation is 1. The lowest BCUT2D eigenvalue weighted by Crippen LogP contribution is -2.13. The molecule has 19 heavy (non-hydrogen) atoms. The van der Waals surface area contributed by atoms with Crippen LogP contribution in [0, 0.1) is 6.92 Å². The summed E-state index contributed by atoms with van der Waals surface area (Å²) in [6, 6.07) is 12.7. The Bertz CT molecular complexity index is 591. The van der Waals surface area contributed by atoms with E-state index in [9.17, 15) is 4.79 Å². The van der Waals surface area contributed by atoms with E-state index in [-0.39, 0.29) is 5.91 Å². The predicted molar refractivity (Wildman–Crippen MR) is 80.1 cm³/mol. The molecule has 0 saturated heterocycles. The van der Waals surface area contributed by atoms with Crippen LogP contribution < -0.4 is 5.32 Å². The second-order valence-electron chi connectivity index (χ2n) is 4.22. The molecule has 2 aromatic carbocycles. The van der Waals surface area contributed by atoms with Crippen LogP contribution in [0.2, 0.25) is 5.02 Å². The quantitative estimate of drug-likeness (QED) is 0.821. The van der Waals surface area contributed by atoms with Gasteiger partial charge in [0, 0.05) is 11.4 Å². The number of rotatable bonds is 3. The van der Waals surface area contributed by atoms with Gasteiger partial charge in [0.15, 0.2) is 0 Å². The second kappa shape index (κ2) is 6.09. The van der Waals surface area contributed by atoms with Gasteiger partial charge in [-0.15, -0.1) is 11.6 Å². The van der Waals surface area contributed by atoms with Crippen LogP contribution in [0.25, 0.3) is 0 Å². The van der Waals surface area contributed by atoms with Crippen LogP contribution >= 0.6 is 23.2 Å². The second-order valence-corrected chi connectivity index (χ2v) is 4.89. The zero-order valence-electron chi connectivity index (χ0n) is 10.4. The van der Waals surface area contributed by atoms with Crippen molar-refractivity contribution in [3.8, 4) is 0 Å². The third-order valence-electron chi connectivity index (χ3n) is 2.80. The van der Waals surface area contributed by atoms with Gasteiger partial charge in [-0.1, -0.05) is 35.9 Å². The third kappa shape index (κ3) is 3.28. The van der Waals surface area contributed by atoms with Crippen LogP contribution in [0.4, 0.5) is 5.69 Å². The number of anilines is 1. The number of halogens is 2. The SMILES string of the molecule is Cc1cccc(Cl)c1NC(=O)c1cccc(CCl)c1. The first-order chi connectivity index (χ1) is 9.11. The Kier molecular flexibility index (Phi) is 4.46. The summed E-state index contributed by atoms with van der Waals surface area (Å²) in [4.78, 5) is 12.2. The largest absolute Gasteiger partial charge is 0.320 e. The van der Waals surface area contributed by atoms with Crippen molar-refractivity contribution < 1.29 is 4.79 Å². The van der Waals surface area contributed by atoms with Crippen LogP contribution in [0.5, 0.6) is 0 Å². The number of carbonyl (C=O) groups is 1. The highest BCUT2D eigenvalue weighted by Crippen LogP contribution is 2.25. The molecule has 0 aromatic heterocycles. The molecule has 98 valence electrons. The molecule has 0 bridgehead atoms. The Labute approximate surface area is 122 Å². The highest BCUT2D eigenvalue weighted by atomic mass is 35.5. The van der Waals surface area contributed by atoms with E-state index in [1.54, 1.807) is 18.2 Å². The molecule has 0 atom stereocenters. The Hall–Kier alpha value is -1.51. The fourth-order valence-electron chi connectivity index (χ4n) is 1.77. The maximum absolute atomic E-state index is 12.2. The van der Waals surface area contributed by atoms with Crippen molar-refractivity contribution in [1.29, 1.82) is 0 Å². The minimum atomic E-state index is -0.192. The number of hydrogen-bond donors (Lipinski definition) is 1. The molecule has 4 heteroatoms. The molecule has 0 aliphatic rings. The third-order valence-corrected chi connectivity index (χ3v) is 3.43. The van der Waals surface area contributed by atoms with Gasteiger partial charge in [-0.25, -0.2) is 0 Å². The standard InChI is InChI=1S/C15H13Cl2NO/c1-10-4-2-7-13(17)14(10)18-15(19)12-6-3-5-11(8-12)9-16/h2-8H,9H2,1H3,(H,18,19). The summed E-state index contributed by atoms with van der Waals surface area (Å²) in [5.41, 5.74) is 3.04. The molecule has 2 aromatic rings. The lowest BCUT2D eigenvalue weighted by molar-refractivity contribution is 0.102. The average Bonchev–Trinajstić information content (AvgIpc) is 2.43. The first-order valence-electron chi connectivity index (χ1n) is 5.83. The number of para-hydroxylation sites is 1. The number of carbonyl (C=O) groups excluding carboxylic acids is 1. The van der Waals surface area contributed by atoms with E-state index >= 15 is 0 Å². The number of amides is 1. The van der Waals surface area contributed by atoms with Crippen molar-refractivity contribution in [1.82, 2.24) is 0 Å². The average molecular weight is 294 g/mol. The summed E-state index contributed by atoms with van der Waals surface area (Å²) in [6.45, 7) is 1.90. The van der Waals surface area contributed by atoms with Gasteiger partial charge in [-0.3, -0.25) is 4.79 Å². The lowest BCUT2D eigenvalue weighted by Gasteiger charge is -2.10. The zero-order valence-corrected chi connectivity index (χ0v) is 11.9. The highest BCUT2D eigenvalue weighted by molar-refractivity contribution is 6.34. The van der Waals surface area contributed by atoms with Gasteiger partial charge in [0.25, 0.3) is 5.91 Å². The number of hydrogen-bond acceptors (Lipinski definition) is 1. The molecule has 0 saturated carbocycles. The Morgan fingerprint density at radius 3 is 2.63 bits per heavy atom. The van der Waals surface area contributed by atoms with Crippen molar-refractivity contribution in [3.63, 3.8) is 0 Å². The van der Waals surface area contributed by atoms with Crippen LogP contribution in [0.3, 0.4) is 0 Å². The molecule has 0 unspecified atom stereocenters. The minimum Gasteiger partial charge on any atom is -0.320 e. The molecular weight excluding hydrogens is 281 g/mol. The smallest absolute Gasteiger partial charge is 0.255 e. The highest BCUT2D eigenvalue weighted by Gasteiger charge is 2.10. The van der Waals surface area contributed by atoms with E-state index < -0.39 is 0 Å². The van der Waals surface area contributed by atoms with E-state index in [2.05, 4.69) is 5.32 Å². The fraction of sp³-hybridized carbons (Fsp3) is 0.133. The molecule has 2 nitrogen and oxygen atoms in total. The summed E-state index contributed by atoms with van der Waals surface area (Å²) in [5.74, 6) is 0.190. The number of nitrogens with one attached hydrogen (secondary N) is 1. The molecule has 0 aliphatic carbocycles. The van der Waals surface area contributed by atoms with Gasteiger partial charge in [-0.05, 0) is 36.2 Å². The van der Waals surface area contributed by atoms with Gasteiger partial charge < -0.3 is 5.32 Å². The zero-order chi connectivity index (χ0) is 13.8. The minimum absolute atomic E-state index is 0.192. The topological polar surface area (TPSA) is 29.1 Å². The molecule has 2 rings (SSSR count). The first kappa shape index (κ1) is 13.9. The van der Waals surface area contributed by atoms with E-state index in [4.69, 9.17) is 23.2 Å². The monoisotopic (exact) mass is 293 g/mol. The first-order valence-corrected chi connectivity index (χ1v) is 6.74.